The Hall–Kier alpha value is -2.10. The molecule has 0 bridgehead atoms. The number of ketones is 1. The molecule has 0 fully saturated rings. The molecule has 4 heteroatoms. The maximum atomic E-state index is 12.8. The Kier molecular flexibility index (Phi) is 8.84. The van der Waals surface area contributed by atoms with Gasteiger partial charge in [0.2, 0.25) is 0 Å². The summed E-state index contributed by atoms with van der Waals surface area (Å²) in [5, 5.41) is 3.02. The topological polar surface area (TPSA) is 50.7 Å². The van der Waals surface area contributed by atoms with Crippen molar-refractivity contribution < 1.29 is 9.53 Å². The molecule has 1 N–H and O–H groups in total. The first-order valence-electron chi connectivity index (χ1n) is 8.69. The van der Waals surface area contributed by atoms with Crippen LogP contribution in [0.3, 0.4) is 0 Å². The predicted molar refractivity (Wildman–Crippen MR) is 101 cm³/mol. The van der Waals surface area contributed by atoms with E-state index in [2.05, 4.69) is 24.2 Å². The van der Waals surface area contributed by atoms with E-state index in [-0.39, 0.29) is 11.9 Å². The van der Waals surface area contributed by atoms with Crippen LogP contribution in [0.5, 0.6) is 5.75 Å². The minimum atomic E-state index is -0.0552. The molecule has 0 saturated carbocycles. The molecular weight excluding hydrogens is 300 g/mol. The molecule has 1 aromatic rings. The number of allylic oxidation sites excluding steroid dienone is 2. The van der Waals surface area contributed by atoms with Gasteiger partial charge in [0, 0.05) is 31.6 Å². The monoisotopic (exact) mass is 330 g/mol. The van der Waals surface area contributed by atoms with Gasteiger partial charge in [0.05, 0.1) is 11.7 Å². The summed E-state index contributed by atoms with van der Waals surface area (Å²) in [4.78, 5) is 16.8. The Morgan fingerprint density at radius 3 is 2.50 bits per heavy atom. The van der Waals surface area contributed by atoms with E-state index in [1.165, 1.54) is 0 Å². The summed E-state index contributed by atoms with van der Waals surface area (Å²) in [6.07, 6.45) is 6.03. The van der Waals surface area contributed by atoms with Crippen molar-refractivity contribution in [1.82, 2.24) is 5.32 Å². The molecule has 1 aromatic carbocycles. The number of nitrogens with zero attached hydrogens (tertiary/aromatic N) is 1. The van der Waals surface area contributed by atoms with Crippen molar-refractivity contribution >= 4 is 12.0 Å². The normalized spacial score (nSPS) is 12.4. The van der Waals surface area contributed by atoms with Gasteiger partial charge in [-0.15, -0.1) is 0 Å². The highest BCUT2D eigenvalue weighted by Crippen LogP contribution is 2.21. The van der Waals surface area contributed by atoms with Crippen LogP contribution < -0.4 is 10.1 Å². The summed E-state index contributed by atoms with van der Waals surface area (Å²) in [7, 11) is 3.46. The predicted octanol–water partition coefficient (Wildman–Crippen LogP) is 4.41. The standard InChI is InChI=1S/C20H30N2O2/c1-6-9-17(10-7-2)24-18-12-8-11-16(13-18)20(23)19(14-21-4)15(3)22-5/h8,11-14,17,22H,6-7,9-10H2,1-5H3/b19-15-,21-14?. The van der Waals surface area contributed by atoms with Crippen molar-refractivity contribution in [2.45, 2.75) is 52.6 Å². The van der Waals surface area contributed by atoms with Crippen LogP contribution in [0.1, 0.15) is 56.8 Å². The lowest BCUT2D eigenvalue weighted by Crippen LogP contribution is -2.17. The lowest BCUT2D eigenvalue weighted by Gasteiger charge is -2.18. The number of hydrogen-bond donors (Lipinski definition) is 1. The van der Waals surface area contributed by atoms with E-state index in [1.807, 2.05) is 31.2 Å². The Bertz CT molecular complexity index is 585. The first kappa shape index (κ1) is 19.9. The highest BCUT2D eigenvalue weighted by molar-refractivity contribution is 6.21. The molecule has 24 heavy (non-hydrogen) atoms. The van der Waals surface area contributed by atoms with E-state index in [1.54, 1.807) is 20.3 Å². The van der Waals surface area contributed by atoms with Crippen LogP contribution in [0.2, 0.25) is 0 Å². The maximum absolute atomic E-state index is 12.8. The van der Waals surface area contributed by atoms with Crippen LogP contribution in [-0.4, -0.2) is 32.2 Å². The first-order chi connectivity index (χ1) is 11.6. The molecule has 0 spiro atoms. The van der Waals surface area contributed by atoms with Gasteiger partial charge < -0.3 is 10.1 Å². The van der Waals surface area contributed by atoms with Crippen molar-refractivity contribution in [2.75, 3.05) is 14.1 Å². The maximum Gasteiger partial charge on any atom is 0.196 e. The molecule has 0 aliphatic rings. The average molecular weight is 330 g/mol. The van der Waals surface area contributed by atoms with Gasteiger partial charge in [-0.3, -0.25) is 9.79 Å². The van der Waals surface area contributed by atoms with E-state index in [9.17, 15) is 4.79 Å². The molecule has 132 valence electrons. The zero-order valence-electron chi connectivity index (χ0n) is 15.6. The molecule has 0 radical (unpaired) electrons. The lowest BCUT2D eigenvalue weighted by molar-refractivity contribution is 0.103. The molecule has 0 aliphatic heterocycles. The van der Waals surface area contributed by atoms with Crippen molar-refractivity contribution in [3.63, 3.8) is 0 Å². The smallest absolute Gasteiger partial charge is 0.196 e. The second-order valence-electron chi connectivity index (χ2n) is 5.85. The second-order valence-corrected chi connectivity index (χ2v) is 5.85. The van der Waals surface area contributed by atoms with Crippen LogP contribution in [0.4, 0.5) is 0 Å². The quantitative estimate of drug-likeness (QED) is 0.393. The number of Topliss-reactive ketones (excluding diaryl/α,β-unsaturated/α-hetero) is 1. The van der Waals surface area contributed by atoms with E-state index >= 15 is 0 Å². The minimum Gasteiger partial charge on any atom is -0.490 e. The fourth-order valence-corrected chi connectivity index (χ4v) is 2.55. The molecule has 1 rings (SSSR count). The minimum absolute atomic E-state index is 0.0552. The summed E-state index contributed by atoms with van der Waals surface area (Å²) >= 11 is 0. The van der Waals surface area contributed by atoms with Gasteiger partial charge >= 0.3 is 0 Å². The van der Waals surface area contributed by atoms with Gasteiger partial charge in [-0.1, -0.05) is 38.8 Å². The van der Waals surface area contributed by atoms with Crippen LogP contribution in [0, 0.1) is 0 Å². The Labute approximate surface area is 146 Å². The van der Waals surface area contributed by atoms with E-state index in [4.69, 9.17) is 4.74 Å². The molecule has 0 atom stereocenters. The van der Waals surface area contributed by atoms with Gasteiger partial charge in [-0.25, -0.2) is 0 Å². The van der Waals surface area contributed by atoms with Crippen molar-refractivity contribution in [3.05, 3.63) is 41.1 Å². The average Bonchev–Trinajstić information content (AvgIpc) is 2.59. The molecular formula is C20H30N2O2. The summed E-state index contributed by atoms with van der Waals surface area (Å²) in [6, 6.07) is 7.42. The van der Waals surface area contributed by atoms with Crippen molar-refractivity contribution in [1.29, 1.82) is 0 Å². The fourth-order valence-electron chi connectivity index (χ4n) is 2.55. The fraction of sp³-hybridized carbons (Fsp3) is 0.500. The number of rotatable bonds is 10. The van der Waals surface area contributed by atoms with Crippen molar-refractivity contribution in [2.24, 2.45) is 4.99 Å². The van der Waals surface area contributed by atoms with Gasteiger partial charge in [-0.2, -0.15) is 0 Å². The zero-order chi connectivity index (χ0) is 17.9. The number of carbonyl (C=O) groups is 1. The molecule has 0 unspecified atom stereocenters. The molecule has 4 nitrogen and oxygen atoms in total. The summed E-state index contributed by atoms with van der Waals surface area (Å²) in [5.74, 6) is 0.697. The summed E-state index contributed by atoms with van der Waals surface area (Å²) in [6.45, 7) is 6.19. The summed E-state index contributed by atoms with van der Waals surface area (Å²) in [5.41, 5.74) is 1.98. The molecule has 0 heterocycles. The number of benzene rings is 1. The third-order valence-electron chi connectivity index (χ3n) is 3.90. The zero-order valence-corrected chi connectivity index (χ0v) is 15.6. The van der Waals surface area contributed by atoms with E-state index < -0.39 is 0 Å². The SMILES string of the molecule is CCCC(CCC)Oc1cccc(C(=O)/C(C=NC)=C(/C)NC)c1. The van der Waals surface area contributed by atoms with Crippen LogP contribution in [0.25, 0.3) is 0 Å². The third kappa shape index (κ3) is 5.84. The second kappa shape index (κ2) is 10.6. The largest absolute Gasteiger partial charge is 0.490 e. The molecule has 0 saturated heterocycles. The number of carbonyl (C=O) groups excluding carboxylic acids is 1. The highest BCUT2D eigenvalue weighted by atomic mass is 16.5. The molecule has 0 amide bonds. The molecule has 0 aromatic heterocycles. The Balaban J connectivity index is 3.04. The Morgan fingerprint density at radius 1 is 1.29 bits per heavy atom. The van der Waals surface area contributed by atoms with Crippen LogP contribution >= 0.6 is 0 Å². The van der Waals surface area contributed by atoms with Crippen LogP contribution in [0.15, 0.2) is 40.5 Å². The third-order valence-corrected chi connectivity index (χ3v) is 3.90. The van der Waals surface area contributed by atoms with Gasteiger partial charge in [0.25, 0.3) is 0 Å². The molecule has 0 aliphatic carbocycles. The number of ether oxygens (including phenoxy) is 1. The van der Waals surface area contributed by atoms with Crippen molar-refractivity contribution in [3.8, 4) is 5.75 Å². The number of nitrogens with one attached hydrogen (secondary N) is 1. The van der Waals surface area contributed by atoms with E-state index in [0.717, 1.165) is 37.1 Å². The number of hydrogen-bond acceptors (Lipinski definition) is 4. The van der Waals surface area contributed by atoms with Gasteiger partial charge in [0.15, 0.2) is 5.78 Å². The highest BCUT2D eigenvalue weighted by Gasteiger charge is 2.15. The first-order valence-corrected chi connectivity index (χ1v) is 8.69. The van der Waals surface area contributed by atoms with E-state index in [0.29, 0.717) is 11.1 Å². The van der Waals surface area contributed by atoms with Crippen LogP contribution in [-0.2, 0) is 0 Å². The number of aliphatic imine (C=N–C) groups is 1. The van der Waals surface area contributed by atoms with Gasteiger partial charge in [0.1, 0.15) is 5.75 Å². The lowest BCUT2D eigenvalue weighted by atomic mass is 10.0. The van der Waals surface area contributed by atoms with Gasteiger partial charge in [-0.05, 0) is 31.9 Å². The summed E-state index contributed by atoms with van der Waals surface area (Å²) < 4.78 is 6.10. The Morgan fingerprint density at radius 2 is 1.96 bits per heavy atom.